The van der Waals surface area contributed by atoms with Gasteiger partial charge in [-0.15, -0.1) is 6.42 Å². The Hall–Kier alpha value is -3.87. The van der Waals surface area contributed by atoms with E-state index < -0.39 is 5.54 Å². The molecular formula is C28H24N2O. The summed E-state index contributed by atoms with van der Waals surface area (Å²) in [6.07, 6.45) is 13.1. The van der Waals surface area contributed by atoms with Gasteiger partial charge in [0.2, 0.25) is 0 Å². The Labute approximate surface area is 183 Å². The van der Waals surface area contributed by atoms with Crippen molar-refractivity contribution in [2.45, 2.75) is 5.54 Å². The van der Waals surface area contributed by atoms with Crippen LogP contribution >= 0.6 is 0 Å². The van der Waals surface area contributed by atoms with Crippen molar-refractivity contribution in [3.05, 3.63) is 132 Å². The maximum Gasteiger partial charge on any atom is 0.121 e. The van der Waals surface area contributed by atoms with Crippen LogP contribution < -0.4 is 0 Å². The average molecular weight is 405 g/mol. The summed E-state index contributed by atoms with van der Waals surface area (Å²) < 4.78 is 7.52. The standard InChI is InChI=1S/C28H24N2O/c1-2-20-31-21-12-19-27-22-30(23-29-27)28(24-13-6-3-7-14-24,25-15-8-4-9-16-25)26-17-10-5-11-18-26/h1,3-19,22-23H,20-21H2/b19-12+. The smallest absolute Gasteiger partial charge is 0.121 e. The van der Waals surface area contributed by atoms with Crippen molar-refractivity contribution in [2.24, 2.45) is 0 Å². The Morgan fingerprint density at radius 2 is 1.35 bits per heavy atom. The Bertz CT molecular complexity index is 1060. The lowest BCUT2D eigenvalue weighted by atomic mass is 9.77. The minimum Gasteiger partial charge on any atom is -0.365 e. The predicted molar refractivity (Wildman–Crippen MR) is 126 cm³/mol. The fourth-order valence-corrected chi connectivity index (χ4v) is 3.95. The first-order valence-electron chi connectivity index (χ1n) is 10.2. The first kappa shape index (κ1) is 20.4. The van der Waals surface area contributed by atoms with Gasteiger partial charge in [0.25, 0.3) is 0 Å². The molecule has 152 valence electrons. The van der Waals surface area contributed by atoms with Crippen LogP contribution in [0.4, 0.5) is 0 Å². The van der Waals surface area contributed by atoms with Crippen LogP contribution in [0, 0.1) is 12.3 Å². The SMILES string of the molecule is C#CCOC/C=C/c1cn(C(c2ccccc2)(c2ccccc2)c2ccccc2)cn1. The Morgan fingerprint density at radius 1 is 0.839 bits per heavy atom. The summed E-state index contributed by atoms with van der Waals surface area (Å²) in [5, 5.41) is 0. The molecule has 0 fully saturated rings. The van der Waals surface area contributed by atoms with Gasteiger partial charge in [-0.25, -0.2) is 4.98 Å². The Balaban J connectivity index is 1.87. The lowest BCUT2D eigenvalue weighted by Gasteiger charge is -2.37. The number of rotatable bonds is 8. The molecule has 4 rings (SSSR count). The van der Waals surface area contributed by atoms with E-state index >= 15 is 0 Å². The van der Waals surface area contributed by atoms with Crippen molar-refractivity contribution < 1.29 is 4.74 Å². The summed E-state index contributed by atoms with van der Waals surface area (Å²) >= 11 is 0. The Kier molecular flexibility index (Phi) is 6.42. The largest absolute Gasteiger partial charge is 0.365 e. The fourth-order valence-electron chi connectivity index (χ4n) is 3.95. The molecule has 0 spiro atoms. The van der Waals surface area contributed by atoms with Gasteiger partial charge >= 0.3 is 0 Å². The van der Waals surface area contributed by atoms with Crippen molar-refractivity contribution >= 4 is 6.08 Å². The number of ether oxygens (including phenoxy) is 1. The van der Waals surface area contributed by atoms with Crippen LogP contribution in [0.5, 0.6) is 0 Å². The minimum atomic E-state index is -0.553. The van der Waals surface area contributed by atoms with Crippen molar-refractivity contribution in [3.63, 3.8) is 0 Å². The zero-order valence-corrected chi connectivity index (χ0v) is 17.3. The van der Waals surface area contributed by atoms with E-state index in [1.54, 1.807) is 0 Å². The quantitative estimate of drug-likeness (QED) is 0.224. The second-order valence-electron chi connectivity index (χ2n) is 7.14. The highest BCUT2D eigenvalue weighted by atomic mass is 16.5. The molecule has 0 amide bonds. The summed E-state index contributed by atoms with van der Waals surface area (Å²) in [6.45, 7) is 0.760. The van der Waals surface area contributed by atoms with Crippen LogP contribution in [-0.4, -0.2) is 22.8 Å². The normalized spacial score (nSPS) is 11.5. The van der Waals surface area contributed by atoms with Crippen molar-refractivity contribution in [1.29, 1.82) is 0 Å². The van der Waals surface area contributed by atoms with Crippen molar-refractivity contribution in [3.8, 4) is 12.3 Å². The number of benzene rings is 3. The molecule has 0 bridgehead atoms. The highest BCUT2D eigenvalue weighted by Crippen LogP contribution is 2.40. The monoisotopic (exact) mass is 404 g/mol. The summed E-state index contributed by atoms with van der Waals surface area (Å²) in [7, 11) is 0. The number of aromatic nitrogens is 2. The summed E-state index contributed by atoms with van der Waals surface area (Å²) in [6, 6.07) is 31.6. The number of nitrogens with zero attached hydrogens (tertiary/aromatic N) is 2. The second-order valence-corrected chi connectivity index (χ2v) is 7.14. The molecule has 1 aromatic heterocycles. The summed E-state index contributed by atoms with van der Waals surface area (Å²) in [5.74, 6) is 2.47. The molecule has 3 heteroatoms. The van der Waals surface area contributed by atoms with Crippen LogP contribution in [0.15, 0.2) is 110 Å². The van der Waals surface area contributed by atoms with Gasteiger partial charge in [-0.3, -0.25) is 0 Å². The highest BCUT2D eigenvalue weighted by molar-refractivity contribution is 5.52. The molecule has 0 aliphatic heterocycles. The average Bonchev–Trinajstić information content (AvgIpc) is 3.31. The summed E-state index contributed by atoms with van der Waals surface area (Å²) in [4.78, 5) is 4.66. The van der Waals surface area contributed by atoms with E-state index in [0.717, 1.165) is 22.4 Å². The Morgan fingerprint density at radius 3 is 1.84 bits per heavy atom. The van der Waals surface area contributed by atoms with Crippen LogP contribution in [0.1, 0.15) is 22.4 Å². The third-order valence-electron chi connectivity index (χ3n) is 5.25. The van der Waals surface area contributed by atoms with Crippen LogP contribution in [-0.2, 0) is 10.3 Å². The molecule has 3 aromatic carbocycles. The molecular weight excluding hydrogens is 380 g/mol. The molecule has 0 saturated heterocycles. The van der Waals surface area contributed by atoms with E-state index in [1.807, 2.05) is 36.7 Å². The van der Waals surface area contributed by atoms with Gasteiger partial charge in [-0.2, -0.15) is 0 Å². The molecule has 31 heavy (non-hydrogen) atoms. The van der Waals surface area contributed by atoms with E-state index in [4.69, 9.17) is 11.2 Å². The number of terminal acetylenes is 1. The van der Waals surface area contributed by atoms with Crippen molar-refractivity contribution in [1.82, 2.24) is 9.55 Å². The van der Waals surface area contributed by atoms with Crippen LogP contribution in [0.2, 0.25) is 0 Å². The maximum absolute atomic E-state index is 5.33. The highest BCUT2D eigenvalue weighted by Gasteiger charge is 2.38. The van der Waals surface area contributed by atoms with Gasteiger partial charge in [0, 0.05) is 6.20 Å². The van der Waals surface area contributed by atoms with E-state index in [0.29, 0.717) is 13.2 Å². The predicted octanol–water partition coefficient (Wildman–Crippen LogP) is 5.39. The maximum atomic E-state index is 5.33. The third kappa shape index (κ3) is 4.21. The van der Waals surface area contributed by atoms with Crippen molar-refractivity contribution in [2.75, 3.05) is 13.2 Å². The number of hydrogen-bond acceptors (Lipinski definition) is 2. The number of hydrogen-bond donors (Lipinski definition) is 0. The van der Waals surface area contributed by atoms with Crippen LogP contribution in [0.25, 0.3) is 6.08 Å². The lowest BCUT2D eigenvalue weighted by Crippen LogP contribution is -2.36. The fraction of sp³-hybridized carbons (Fsp3) is 0.107. The minimum absolute atomic E-state index is 0.303. The molecule has 0 atom stereocenters. The van der Waals surface area contributed by atoms with Gasteiger partial charge < -0.3 is 9.30 Å². The van der Waals surface area contributed by atoms with Gasteiger partial charge in [-0.05, 0) is 22.8 Å². The van der Waals surface area contributed by atoms with Gasteiger partial charge in [0.1, 0.15) is 12.1 Å². The molecule has 0 radical (unpaired) electrons. The van der Waals surface area contributed by atoms with Gasteiger partial charge in [0.05, 0.1) is 18.6 Å². The molecule has 0 unspecified atom stereocenters. The van der Waals surface area contributed by atoms with E-state index in [1.165, 1.54) is 0 Å². The zero-order valence-electron chi connectivity index (χ0n) is 17.3. The second kappa shape index (κ2) is 9.75. The van der Waals surface area contributed by atoms with Gasteiger partial charge in [-0.1, -0.05) is 103 Å². The zero-order chi connectivity index (χ0) is 21.4. The number of imidazole rings is 1. The molecule has 0 aliphatic rings. The topological polar surface area (TPSA) is 27.1 Å². The summed E-state index contributed by atoms with van der Waals surface area (Å²) in [5.41, 5.74) is 3.80. The van der Waals surface area contributed by atoms with Crippen LogP contribution in [0.3, 0.4) is 0 Å². The lowest BCUT2D eigenvalue weighted by molar-refractivity contribution is 0.200. The third-order valence-corrected chi connectivity index (χ3v) is 5.25. The molecule has 4 aromatic rings. The van der Waals surface area contributed by atoms with E-state index in [9.17, 15) is 0 Å². The van der Waals surface area contributed by atoms with E-state index in [2.05, 4.69) is 94.5 Å². The molecule has 0 N–H and O–H groups in total. The first-order chi connectivity index (χ1) is 15.4. The molecule has 1 heterocycles. The van der Waals surface area contributed by atoms with Gasteiger partial charge in [0.15, 0.2) is 0 Å². The first-order valence-corrected chi connectivity index (χ1v) is 10.2. The van der Waals surface area contributed by atoms with E-state index in [-0.39, 0.29) is 0 Å². The molecule has 0 saturated carbocycles. The molecule has 3 nitrogen and oxygen atoms in total. The molecule has 0 aliphatic carbocycles.